The van der Waals surface area contributed by atoms with Gasteiger partial charge in [-0.1, -0.05) is 43.4 Å². The van der Waals surface area contributed by atoms with Crippen molar-refractivity contribution in [1.29, 1.82) is 0 Å². The fraction of sp³-hybridized carbons (Fsp3) is 0.500. The Hall–Kier alpha value is -1.94. The van der Waals surface area contributed by atoms with Gasteiger partial charge in [0.1, 0.15) is 0 Å². The van der Waals surface area contributed by atoms with E-state index in [1.165, 1.54) is 0 Å². The number of aliphatic carboxylic acids is 1. The summed E-state index contributed by atoms with van der Waals surface area (Å²) in [6.45, 7) is 2.05. The predicted molar refractivity (Wildman–Crippen MR) is 95.6 cm³/mol. The molecule has 0 spiro atoms. The smallest absolute Gasteiger partial charge is 0.303 e. The molecule has 0 saturated carbocycles. The van der Waals surface area contributed by atoms with Gasteiger partial charge in [0.2, 0.25) is 0 Å². The zero-order chi connectivity index (χ0) is 17.8. The molecule has 0 aromatic heterocycles. The second-order valence-electron chi connectivity index (χ2n) is 5.99. The van der Waals surface area contributed by atoms with Crippen molar-refractivity contribution < 1.29 is 19.8 Å². The van der Waals surface area contributed by atoms with Crippen LogP contribution in [0.3, 0.4) is 0 Å². The lowest BCUT2D eigenvalue weighted by Gasteiger charge is -2.10. The quantitative estimate of drug-likeness (QED) is 0.341. The van der Waals surface area contributed by atoms with Crippen molar-refractivity contribution in [2.45, 2.75) is 58.0 Å². The van der Waals surface area contributed by atoms with Gasteiger partial charge in [0.15, 0.2) is 5.78 Å². The van der Waals surface area contributed by atoms with Gasteiger partial charge in [0.05, 0.1) is 6.10 Å². The summed E-state index contributed by atoms with van der Waals surface area (Å²) in [4.78, 5) is 22.4. The molecule has 0 unspecified atom stereocenters. The molecule has 0 bridgehead atoms. The molecule has 0 fully saturated rings. The molecule has 0 aromatic carbocycles. The minimum absolute atomic E-state index is 0.0237. The van der Waals surface area contributed by atoms with E-state index >= 15 is 0 Å². The first-order valence-corrected chi connectivity index (χ1v) is 8.67. The summed E-state index contributed by atoms with van der Waals surface area (Å²) in [5, 5.41) is 18.5. The van der Waals surface area contributed by atoms with E-state index in [1.54, 1.807) is 6.08 Å². The molecular formula is C20H28O4. The second kappa shape index (κ2) is 11.6. The molecule has 0 aliphatic heterocycles. The van der Waals surface area contributed by atoms with Crippen LogP contribution in [0.2, 0.25) is 0 Å². The van der Waals surface area contributed by atoms with Gasteiger partial charge in [-0.2, -0.15) is 0 Å². The molecule has 2 N–H and O–H groups in total. The molecule has 2 atom stereocenters. The maximum atomic E-state index is 11.9. The minimum atomic E-state index is -0.773. The van der Waals surface area contributed by atoms with E-state index in [2.05, 4.69) is 0 Å². The number of carboxylic acids is 1. The first kappa shape index (κ1) is 20.1. The molecule has 0 saturated heterocycles. The van der Waals surface area contributed by atoms with Gasteiger partial charge in [0.25, 0.3) is 0 Å². The molecule has 24 heavy (non-hydrogen) atoms. The molecule has 1 aliphatic carbocycles. The molecule has 4 heteroatoms. The first-order chi connectivity index (χ1) is 11.5. The van der Waals surface area contributed by atoms with E-state index in [1.807, 2.05) is 43.4 Å². The van der Waals surface area contributed by atoms with E-state index in [0.29, 0.717) is 19.3 Å². The molecule has 0 aromatic rings. The summed E-state index contributed by atoms with van der Waals surface area (Å²) >= 11 is 0. The summed E-state index contributed by atoms with van der Waals surface area (Å²) in [5.74, 6) is -0.688. The van der Waals surface area contributed by atoms with E-state index in [0.717, 1.165) is 24.8 Å². The van der Waals surface area contributed by atoms with Gasteiger partial charge in [-0.25, -0.2) is 0 Å². The van der Waals surface area contributed by atoms with E-state index in [9.17, 15) is 14.7 Å². The fourth-order valence-electron chi connectivity index (χ4n) is 2.55. The highest BCUT2D eigenvalue weighted by Crippen LogP contribution is 2.26. The highest BCUT2D eigenvalue weighted by atomic mass is 16.4. The largest absolute Gasteiger partial charge is 0.481 e. The average Bonchev–Trinajstić information content (AvgIpc) is 2.89. The molecule has 0 amide bonds. The third-order valence-electron chi connectivity index (χ3n) is 3.90. The van der Waals surface area contributed by atoms with Crippen LogP contribution in [-0.2, 0) is 9.59 Å². The van der Waals surface area contributed by atoms with Gasteiger partial charge >= 0.3 is 5.97 Å². The molecule has 132 valence electrons. The first-order valence-electron chi connectivity index (χ1n) is 8.67. The number of aliphatic hydroxyl groups excluding tert-OH is 1. The number of ketones is 1. The van der Waals surface area contributed by atoms with Gasteiger partial charge in [0, 0.05) is 17.9 Å². The van der Waals surface area contributed by atoms with Crippen LogP contribution in [0.4, 0.5) is 0 Å². The Labute approximate surface area is 144 Å². The summed E-state index contributed by atoms with van der Waals surface area (Å²) in [6, 6.07) is 0. The van der Waals surface area contributed by atoms with Crippen LogP contribution in [0.15, 0.2) is 48.1 Å². The van der Waals surface area contributed by atoms with Crippen molar-refractivity contribution >= 4 is 11.8 Å². The maximum Gasteiger partial charge on any atom is 0.303 e. The summed E-state index contributed by atoms with van der Waals surface area (Å²) in [5.41, 5.74) is 0.753. The number of carboxylic acid groups (broad SMARTS) is 1. The molecule has 1 aliphatic rings. The van der Waals surface area contributed by atoms with E-state index < -0.39 is 12.1 Å². The molecule has 1 rings (SSSR count). The summed E-state index contributed by atoms with van der Waals surface area (Å²) < 4.78 is 0. The SMILES string of the molecule is CC/C=C\C[C@H](O)C/C=C1/C(=O)C=C[C@H]1C/C=C\CCCC(=O)O. The highest BCUT2D eigenvalue weighted by molar-refractivity contribution is 6.07. The third-order valence-corrected chi connectivity index (χ3v) is 3.90. The fourth-order valence-corrected chi connectivity index (χ4v) is 2.55. The standard InChI is InChI=1S/C20H28O4/c1-2-3-6-10-17(21)13-14-18-16(12-15-19(18)22)9-7-4-5-8-11-20(23)24/h3-4,6-7,12,14-17,21H,2,5,8-11,13H2,1H3,(H,23,24)/b6-3-,7-4-,18-14+/t16-,17+/m1/s1. The number of hydrogen-bond donors (Lipinski definition) is 2. The molecule has 4 nitrogen and oxygen atoms in total. The van der Waals surface area contributed by atoms with Crippen molar-refractivity contribution in [3.8, 4) is 0 Å². The van der Waals surface area contributed by atoms with Crippen LogP contribution in [0.5, 0.6) is 0 Å². The number of hydrogen-bond acceptors (Lipinski definition) is 3. The van der Waals surface area contributed by atoms with Gasteiger partial charge in [-0.15, -0.1) is 0 Å². The Balaban J connectivity index is 2.43. The number of carbonyl (C=O) groups excluding carboxylic acids is 1. The van der Waals surface area contributed by atoms with Crippen molar-refractivity contribution in [3.05, 3.63) is 48.1 Å². The lowest BCUT2D eigenvalue weighted by Crippen LogP contribution is -2.07. The van der Waals surface area contributed by atoms with Crippen molar-refractivity contribution in [1.82, 2.24) is 0 Å². The average molecular weight is 332 g/mol. The van der Waals surface area contributed by atoms with Crippen molar-refractivity contribution in [3.63, 3.8) is 0 Å². The van der Waals surface area contributed by atoms with E-state index in [4.69, 9.17) is 5.11 Å². The Morgan fingerprint density at radius 2 is 2.04 bits per heavy atom. The van der Waals surface area contributed by atoms with E-state index in [-0.39, 0.29) is 18.1 Å². The predicted octanol–water partition coefficient (Wildman–Crippen LogP) is 3.98. The topological polar surface area (TPSA) is 74.6 Å². The highest BCUT2D eigenvalue weighted by Gasteiger charge is 2.21. The van der Waals surface area contributed by atoms with Crippen LogP contribution < -0.4 is 0 Å². The second-order valence-corrected chi connectivity index (χ2v) is 5.99. The lowest BCUT2D eigenvalue weighted by molar-refractivity contribution is -0.137. The van der Waals surface area contributed by atoms with Gasteiger partial charge in [-0.3, -0.25) is 9.59 Å². The van der Waals surface area contributed by atoms with Gasteiger partial charge in [-0.05, 0) is 44.6 Å². The number of unbranched alkanes of at least 4 members (excludes halogenated alkanes) is 1. The van der Waals surface area contributed by atoms with Crippen LogP contribution in [0.25, 0.3) is 0 Å². The van der Waals surface area contributed by atoms with Crippen molar-refractivity contribution in [2.75, 3.05) is 0 Å². The van der Waals surface area contributed by atoms with Crippen LogP contribution >= 0.6 is 0 Å². The zero-order valence-corrected chi connectivity index (χ0v) is 14.4. The monoisotopic (exact) mass is 332 g/mol. The van der Waals surface area contributed by atoms with Crippen molar-refractivity contribution in [2.24, 2.45) is 5.92 Å². The normalized spacial score (nSPS) is 20.7. The van der Waals surface area contributed by atoms with Gasteiger partial charge < -0.3 is 10.2 Å². The zero-order valence-electron chi connectivity index (χ0n) is 14.4. The summed E-state index contributed by atoms with van der Waals surface area (Å²) in [7, 11) is 0. The molecular weight excluding hydrogens is 304 g/mol. The lowest BCUT2D eigenvalue weighted by atomic mass is 9.96. The number of allylic oxidation sites excluding steroid dienone is 6. The minimum Gasteiger partial charge on any atom is -0.481 e. The Kier molecular flexibility index (Phi) is 9.70. The molecule has 0 heterocycles. The van der Waals surface area contributed by atoms with Crippen LogP contribution in [0, 0.1) is 5.92 Å². The Bertz CT molecular complexity index is 526. The number of carbonyl (C=O) groups is 2. The van der Waals surface area contributed by atoms with Crippen LogP contribution in [0.1, 0.15) is 51.9 Å². The number of rotatable bonds is 11. The summed E-state index contributed by atoms with van der Waals surface area (Å²) in [6.07, 6.45) is 17.2. The molecule has 0 radical (unpaired) electrons. The Morgan fingerprint density at radius 3 is 2.75 bits per heavy atom. The van der Waals surface area contributed by atoms with Crippen LogP contribution in [-0.4, -0.2) is 28.1 Å². The Morgan fingerprint density at radius 1 is 1.25 bits per heavy atom. The maximum absolute atomic E-state index is 11.9. The number of aliphatic hydroxyl groups is 1. The third kappa shape index (κ3) is 8.06.